The van der Waals surface area contributed by atoms with E-state index in [0.29, 0.717) is 6.54 Å². The predicted octanol–water partition coefficient (Wildman–Crippen LogP) is 4.77. The van der Waals surface area contributed by atoms with Crippen molar-refractivity contribution in [3.05, 3.63) is 53.6 Å². The molecule has 0 spiro atoms. The molecule has 0 saturated heterocycles. The first-order valence-corrected chi connectivity index (χ1v) is 8.49. The van der Waals surface area contributed by atoms with Gasteiger partial charge in [0.15, 0.2) is 0 Å². The van der Waals surface area contributed by atoms with Crippen LogP contribution in [0.1, 0.15) is 52.5 Å². The molecule has 0 bridgehead atoms. The summed E-state index contributed by atoms with van der Waals surface area (Å²) in [5.41, 5.74) is 2.60. The number of allylic oxidation sites excluding steroid dienone is 4. The molecule has 1 amide bonds. The zero-order chi connectivity index (χ0) is 17.5. The number of phenols is 1. The molecule has 0 heterocycles. The fourth-order valence-electron chi connectivity index (χ4n) is 1.98. The van der Waals surface area contributed by atoms with E-state index in [4.69, 9.17) is 5.11 Å². The minimum absolute atomic E-state index is 0.0150. The summed E-state index contributed by atoms with van der Waals surface area (Å²) >= 11 is 0. The summed E-state index contributed by atoms with van der Waals surface area (Å²) in [5, 5.41) is 11.7. The number of amides is 1. The van der Waals surface area contributed by atoms with Crippen LogP contribution in [0.25, 0.3) is 0 Å². The average Bonchev–Trinajstić information content (AvgIpc) is 2.59. The Labute approximate surface area is 141 Å². The minimum atomic E-state index is -0.0150. The van der Waals surface area contributed by atoms with Crippen molar-refractivity contribution in [2.24, 2.45) is 0 Å². The molecule has 1 aliphatic rings. The summed E-state index contributed by atoms with van der Waals surface area (Å²) < 4.78 is 0. The second-order valence-corrected chi connectivity index (χ2v) is 5.01. The zero-order valence-electron chi connectivity index (χ0n) is 14.9. The molecule has 3 nitrogen and oxygen atoms in total. The Kier molecular flexibility index (Phi) is 12.4. The molecule has 0 fully saturated rings. The molecule has 1 aliphatic carbocycles. The maximum Gasteiger partial charge on any atom is 0.216 e. The topological polar surface area (TPSA) is 49.3 Å². The molecule has 23 heavy (non-hydrogen) atoms. The normalized spacial score (nSPS) is 12.1. The Bertz CT molecular complexity index is 487. The lowest BCUT2D eigenvalue weighted by atomic mass is 10.1. The lowest BCUT2D eigenvalue weighted by Crippen LogP contribution is -2.22. The van der Waals surface area contributed by atoms with Crippen LogP contribution >= 0.6 is 0 Å². The maximum atomic E-state index is 10.5. The minimum Gasteiger partial charge on any atom is -0.508 e. The summed E-state index contributed by atoms with van der Waals surface area (Å²) in [4.78, 5) is 10.5. The van der Waals surface area contributed by atoms with Gasteiger partial charge in [0.25, 0.3) is 0 Å². The third-order valence-electron chi connectivity index (χ3n) is 3.20. The van der Waals surface area contributed by atoms with Gasteiger partial charge in [0.2, 0.25) is 5.91 Å². The van der Waals surface area contributed by atoms with Crippen molar-refractivity contribution >= 4 is 5.91 Å². The SMILES string of the molecule is CC.CC(=O)NCCc1ccc(O)cc1.CCC1=CCCC=C1. The number of benzene rings is 1. The Morgan fingerprint density at radius 1 is 1.17 bits per heavy atom. The summed E-state index contributed by atoms with van der Waals surface area (Å²) in [6, 6.07) is 6.97. The van der Waals surface area contributed by atoms with Crippen molar-refractivity contribution in [3.8, 4) is 5.75 Å². The Morgan fingerprint density at radius 3 is 2.26 bits per heavy atom. The van der Waals surface area contributed by atoms with Gasteiger partial charge >= 0.3 is 0 Å². The van der Waals surface area contributed by atoms with Gasteiger partial charge in [-0.05, 0) is 43.4 Å². The van der Waals surface area contributed by atoms with Crippen LogP contribution in [0, 0.1) is 0 Å². The molecule has 128 valence electrons. The van der Waals surface area contributed by atoms with Gasteiger partial charge < -0.3 is 10.4 Å². The lowest BCUT2D eigenvalue weighted by molar-refractivity contribution is -0.118. The van der Waals surface area contributed by atoms with Gasteiger partial charge in [-0.2, -0.15) is 0 Å². The van der Waals surface area contributed by atoms with Gasteiger partial charge in [-0.3, -0.25) is 4.79 Å². The zero-order valence-corrected chi connectivity index (χ0v) is 14.9. The van der Waals surface area contributed by atoms with Crippen LogP contribution in [0.15, 0.2) is 48.1 Å². The molecule has 2 rings (SSSR count). The summed E-state index contributed by atoms with van der Waals surface area (Å²) in [6.45, 7) is 8.33. The summed E-state index contributed by atoms with van der Waals surface area (Å²) in [7, 11) is 0. The number of carbonyl (C=O) groups is 1. The Morgan fingerprint density at radius 2 is 1.83 bits per heavy atom. The molecule has 1 aromatic rings. The van der Waals surface area contributed by atoms with Crippen molar-refractivity contribution in [1.29, 1.82) is 0 Å². The van der Waals surface area contributed by atoms with Crippen molar-refractivity contribution in [1.82, 2.24) is 5.32 Å². The highest BCUT2D eigenvalue weighted by molar-refractivity contribution is 5.72. The molecule has 0 unspecified atom stereocenters. The first-order valence-electron chi connectivity index (χ1n) is 8.49. The van der Waals surface area contributed by atoms with Crippen LogP contribution < -0.4 is 5.32 Å². The first-order chi connectivity index (χ1) is 11.1. The molecule has 2 N–H and O–H groups in total. The fourth-order valence-corrected chi connectivity index (χ4v) is 1.98. The molecule has 0 saturated carbocycles. The van der Waals surface area contributed by atoms with E-state index < -0.39 is 0 Å². The maximum absolute atomic E-state index is 10.5. The molecule has 3 heteroatoms. The molecule has 0 radical (unpaired) electrons. The highest BCUT2D eigenvalue weighted by Crippen LogP contribution is 2.11. The van der Waals surface area contributed by atoms with Crippen molar-refractivity contribution < 1.29 is 9.90 Å². The predicted molar refractivity (Wildman–Crippen MR) is 98.6 cm³/mol. The van der Waals surface area contributed by atoms with Crippen LogP contribution in [-0.4, -0.2) is 17.6 Å². The van der Waals surface area contributed by atoms with E-state index in [1.165, 1.54) is 31.8 Å². The highest BCUT2D eigenvalue weighted by atomic mass is 16.3. The van der Waals surface area contributed by atoms with Crippen LogP contribution in [0.3, 0.4) is 0 Å². The lowest BCUT2D eigenvalue weighted by Gasteiger charge is -2.02. The number of nitrogens with one attached hydrogen (secondary N) is 1. The van der Waals surface area contributed by atoms with E-state index in [9.17, 15) is 4.79 Å². The van der Waals surface area contributed by atoms with Gasteiger partial charge in [-0.1, -0.05) is 56.7 Å². The van der Waals surface area contributed by atoms with Crippen LogP contribution in [0.5, 0.6) is 5.75 Å². The van der Waals surface area contributed by atoms with Crippen LogP contribution in [-0.2, 0) is 11.2 Å². The van der Waals surface area contributed by atoms with Gasteiger partial charge in [0.05, 0.1) is 0 Å². The molecule has 0 aromatic heterocycles. The van der Waals surface area contributed by atoms with Gasteiger partial charge in [0.1, 0.15) is 5.75 Å². The molecule has 1 aromatic carbocycles. The van der Waals surface area contributed by atoms with E-state index in [1.807, 2.05) is 26.0 Å². The van der Waals surface area contributed by atoms with E-state index >= 15 is 0 Å². The summed E-state index contributed by atoms with van der Waals surface area (Å²) in [6.07, 6.45) is 11.3. The highest BCUT2D eigenvalue weighted by Gasteiger charge is 1.94. The Hall–Kier alpha value is -2.03. The molecule has 0 aliphatic heterocycles. The van der Waals surface area contributed by atoms with Crippen molar-refractivity contribution in [2.75, 3.05) is 6.54 Å². The smallest absolute Gasteiger partial charge is 0.216 e. The second kappa shape index (κ2) is 13.6. The van der Waals surface area contributed by atoms with Gasteiger partial charge in [-0.25, -0.2) is 0 Å². The first kappa shape index (κ1) is 21.0. The third-order valence-corrected chi connectivity index (χ3v) is 3.20. The fraction of sp³-hybridized carbons (Fsp3) is 0.450. The van der Waals surface area contributed by atoms with Gasteiger partial charge in [0, 0.05) is 13.5 Å². The van der Waals surface area contributed by atoms with Crippen molar-refractivity contribution in [2.45, 2.75) is 53.4 Å². The average molecular weight is 317 g/mol. The molecule has 0 atom stereocenters. The Balaban J connectivity index is 0.000000414. The van der Waals surface area contributed by atoms with Crippen LogP contribution in [0.4, 0.5) is 0 Å². The van der Waals surface area contributed by atoms with E-state index in [-0.39, 0.29) is 11.7 Å². The number of rotatable bonds is 4. The number of carbonyl (C=O) groups excluding carboxylic acids is 1. The van der Waals surface area contributed by atoms with Crippen molar-refractivity contribution in [3.63, 3.8) is 0 Å². The van der Waals surface area contributed by atoms with E-state index in [1.54, 1.807) is 12.1 Å². The summed E-state index contributed by atoms with van der Waals surface area (Å²) in [5.74, 6) is 0.252. The van der Waals surface area contributed by atoms with Gasteiger partial charge in [-0.15, -0.1) is 0 Å². The monoisotopic (exact) mass is 317 g/mol. The van der Waals surface area contributed by atoms with Crippen LogP contribution in [0.2, 0.25) is 0 Å². The number of aromatic hydroxyl groups is 1. The number of hydrogen-bond donors (Lipinski definition) is 2. The quantitative estimate of drug-likeness (QED) is 0.840. The number of hydrogen-bond acceptors (Lipinski definition) is 2. The largest absolute Gasteiger partial charge is 0.508 e. The third kappa shape index (κ3) is 11.2. The molecular formula is C20H31NO2. The van der Waals surface area contributed by atoms with E-state index in [0.717, 1.165) is 12.0 Å². The second-order valence-electron chi connectivity index (χ2n) is 5.01. The number of phenolic OH excluding ortho intramolecular Hbond substituents is 1. The molecular weight excluding hydrogens is 286 g/mol. The standard InChI is InChI=1S/C10H13NO2.C8H12.C2H6/c1-8(12)11-7-6-9-2-4-10(13)5-3-9;1-2-8-6-4-3-5-7-8;1-2/h2-5,13H,6-7H2,1H3,(H,11,12);4,6-7H,2-3,5H2,1H3;1-2H3. The van der Waals surface area contributed by atoms with E-state index in [2.05, 4.69) is 30.5 Å².